The fourth-order valence-electron chi connectivity index (χ4n) is 2.45. The minimum absolute atomic E-state index is 0. The van der Waals surface area contributed by atoms with Crippen LogP contribution >= 0.6 is 12.4 Å². The Hall–Kier alpha value is -2.04. The van der Waals surface area contributed by atoms with Gasteiger partial charge < -0.3 is 15.8 Å². The third-order valence-corrected chi connectivity index (χ3v) is 3.98. The average Bonchev–Trinajstić information content (AvgIpc) is 2.61. The lowest BCUT2D eigenvalue weighted by atomic mass is 9.94. The molecule has 0 aliphatic carbocycles. The Kier molecular flexibility index (Phi) is 8.30. The first-order chi connectivity index (χ1) is 11.1. The SMILES string of the molecule is COc1cccc(CCNC(=O)C(C)C(N)c2ccccc2)c1.Cl. The number of hydrogen-bond acceptors (Lipinski definition) is 3. The molecule has 0 bridgehead atoms. The van der Waals surface area contributed by atoms with Gasteiger partial charge in [0.2, 0.25) is 5.91 Å². The van der Waals surface area contributed by atoms with Gasteiger partial charge in [-0.3, -0.25) is 4.79 Å². The molecule has 2 aromatic carbocycles. The molecule has 0 radical (unpaired) electrons. The van der Waals surface area contributed by atoms with Crippen molar-refractivity contribution in [3.63, 3.8) is 0 Å². The van der Waals surface area contributed by atoms with E-state index in [1.54, 1.807) is 7.11 Å². The molecule has 0 aliphatic rings. The standard InChI is InChI=1S/C19H24N2O2.ClH/c1-14(18(20)16-8-4-3-5-9-16)19(22)21-12-11-15-7-6-10-17(13-15)23-2;/h3-10,13-14,18H,11-12,20H2,1-2H3,(H,21,22);1H. The van der Waals surface area contributed by atoms with Crippen molar-refractivity contribution in [2.45, 2.75) is 19.4 Å². The summed E-state index contributed by atoms with van der Waals surface area (Å²) in [6, 6.07) is 17.3. The highest BCUT2D eigenvalue weighted by molar-refractivity contribution is 5.85. The summed E-state index contributed by atoms with van der Waals surface area (Å²) in [7, 11) is 1.65. The number of nitrogens with two attached hydrogens (primary N) is 1. The predicted octanol–water partition coefficient (Wildman–Crippen LogP) is 3.11. The number of rotatable bonds is 7. The zero-order valence-corrected chi connectivity index (χ0v) is 14.9. The van der Waals surface area contributed by atoms with Crippen LogP contribution in [0.25, 0.3) is 0 Å². The van der Waals surface area contributed by atoms with Gasteiger partial charge in [0, 0.05) is 12.6 Å². The molecule has 4 nitrogen and oxygen atoms in total. The molecule has 2 aromatic rings. The average molecular weight is 349 g/mol. The van der Waals surface area contributed by atoms with E-state index in [4.69, 9.17) is 10.5 Å². The molecule has 2 atom stereocenters. The summed E-state index contributed by atoms with van der Waals surface area (Å²) in [5.74, 6) is 0.528. The molecular formula is C19H25ClN2O2. The summed E-state index contributed by atoms with van der Waals surface area (Å²) in [6.07, 6.45) is 0.760. The molecule has 24 heavy (non-hydrogen) atoms. The molecule has 0 aromatic heterocycles. The number of carbonyl (C=O) groups is 1. The minimum atomic E-state index is -0.298. The first-order valence-electron chi connectivity index (χ1n) is 7.83. The number of nitrogens with one attached hydrogen (secondary N) is 1. The van der Waals surface area contributed by atoms with Crippen LogP contribution in [0.3, 0.4) is 0 Å². The summed E-state index contributed by atoms with van der Waals surface area (Å²) in [4.78, 5) is 12.3. The number of hydrogen-bond donors (Lipinski definition) is 2. The Balaban J connectivity index is 0.00000288. The van der Waals surface area contributed by atoms with Crippen molar-refractivity contribution in [1.29, 1.82) is 0 Å². The maximum atomic E-state index is 12.3. The monoisotopic (exact) mass is 348 g/mol. The van der Waals surface area contributed by atoms with E-state index in [9.17, 15) is 4.79 Å². The lowest BCUT2D eigenvalue weighted by Crippen LogP contribution is -2.36. The van der Waals surface area contributed by atoms with Gasteiger partial charge in [0.25, 0.3) is 0 Å². The van der Waals surface area contributed by atoms with E-state index in [1.165, 1.54) is 0 Å². The van der Waals surface area contributed by atoms with E-state index in [-0.39, 0.29) is 30.3 Å². The molecular weight excluding hydrogens is 324 g/mol. The van der Waals surface area contributed by atoms with Crippen LogP contribution in [0.1, 0.15) is 24.1 Å². The van der Waals surface area contributed by atoms with Gasteiger partial charge in [-0.25, -0.2) is 0 Å². The molecule has 0 aliphatic heterocycles. The Bertz CT molecular complexity index is 634. The van der Waals surface area contributed by atoms with E-state index in [2.05, 4.69) is 5.32 Å². The van der Waals surface area contributed by atoms with E-state index in [0.717, 1.165) is 23.3 Å². The minimum Gasteiger partial charge on any atom is -0.497 e. The van der Waals surface area contributed by atoms with Crippen LogP contribution in [0.2, 0.25) is 0 Å². The van der Waals surface area contributed by atoms with Crippen LogP contribution in [0.5, 0.6) is 5.75 Å². The molecule has 3 N–H and O–H groups in total. The predicted molar refractivity (Wildman–Crippen MR) is 99.5 cm³/mol. The van der Waals surface area contributed by atoms with Gasteiger partial charge >= 0.3 is 0 Å². The highest BCUT2D eigenvalue weighted by Crippen LogP contribution is 2.19. The van der Waals surface area contributed by atoms with Crippen LogP contribution in [0, 0.1) is 5.92 Å². The third kappa shape index (κ3) is 5.55. The number of ether oxygens (including phenoxy) is 1. The van der Waals surface area contributed by atoms with Crippen molar-refractivity contribution in [3.05, 3.63) is 65.7 Å². The van der Waals surface area contributed by atoms with Crippen LogP contribution in [0.4, 0.5) is 0 Å². The van der Waals surface area contributed by atoms with Gasteiger partial charge in [0.15, 0.2) is 0 Å². The zero-order chi connectivity index (χ0) is 16.7. The van der Waals surface area contributed by atoms with Gasteiger partial charge in [0.05, 0.1) is 13.0 Å². The molecule has 0 fully saturated rings. The van der Waals surface area contributed by atoms with Crippen LogP contribution < -0.4 is 15.8 Å². The van der Waals surface area contributed by atoms with E-state index >= 15 is 0 Å². The second-order valence-electron chi connectivity index (χ2n) is 5.62. The summed E-state index contributed by atoms with van der Waals surface area (Å²) >= 11 is 0. The van der Waals surface area contributed by atoms with Gasteiger partial charge in [-0.1, -0.05) is 49.4 Å². The molecule has 0 saturated heterocycles. The molecule has 1 amide bonds. The van der Waals surface area contributed by atoms with Crippen molar-refractivity contribution >= 4 is 18.3 Å². The van der Waals surface area contributed by atoms with Crippen LogP contribution in [-0.2, 0) is 11.2 Å². The number of amides is 1. The highest BCUT2D eigenvalue weighted by Gasteiger charge is 2.21. The fraction of sp³-hybridized carbons (Fsp3) is 0.316. The number of methoxy groups -OCH3 is 1. The summed E-state index contributed by atoms with van der Waals surface area (Å²) < 4.78 is 5.20. The van der Waals surface area contributed by atoms with Crippen molar-refractivity contribution in [1.82, 2.24) is 5.32 Å². The molecule has 0 spiro atoms. The molecule has 2 rings (SSSR count). The molecule has 0 saturated carbocycles. The largest absolute Gasteiger partial charge is 0.497 e. The van der Waals surface area contributed by atoms with Crippen LogP contribution in [-0.4, -0.2) is 19.6 Å². The van der Waals surface area contributed by atoms with Crippen molar-refractivity contribution in [2.75, 3.05) is 13.7 Å². The third-order valence-electron chi connectivity index (χ3n) is 3.98. The Labute approximate surface area is 149 Å². The molecule has 2 unspecified atom stereocenters. The Morgan fingerprint density at radius 2 is 1.88 bits per heavy atom. The summed E-state index contributed by atoms with van der Waals surface area (Å²) in [5, 5.41) is 2.96. The van der Waals surface area contributed by atoms with E-state index in [0.29, 0.717) is 6.54 Å². The molecule has 0 heterocycles. The number of halogens is 1. The molecule has 130 valence electrons. The summed E-state index contributed by atoms with van der Waals surface area (Å²) in [5.41, 5.74) is 8.29. The Morgan fingerprint density at radius 3 is 2.54 bits per heavy atom. The van der Waals surface area contributed by atoms with Gasteiger partial charge in [-0.2, -0.15) is 0 Å². The zero-order valence-electron chi connectivity index (χ0n) is 14.1. The van der Waals surface area contributed by atoms with Gasteiger partial charge in [-0.05, 0) is 29.7 Å². The number of carbonyl (C=O) groups excluding carboxylic acids is 1. The smallest absolute Gasteiger partial charge is 0.224 e. The highest BCUT2D eigenvalue weighted by atomic mass is 35.5. The second kappa shape index (κ2) is 9.96. The van der Waals surface area contributed by atoms with Crippen molar-refractivity contribution in [2.24, 2.45) is 11.7 Å². The second-order valence-corrected chi connectivity index (χ2v) is 5.62. The summed E-state index contributed by atoms with van der Waals surface area (Å²) in [6.45, 7) is 2.44. The maximum absolute atomic E-state index is 12.3. The lowest BCUT2D eigenvalue weighted by Gasteiger charge is -2.19. The first kappa shape index (κ1) is 20.0. The lowest BCUT2D eigenvalue weighted by molar-refractivity contribution is -0.125. The topological polar surface area (TPSA) is 64.3 Å². The Morgan fingerprint density at radius 1 is 1.17 bits per heavy atom. The van der Waals surface area contributed by atoms with Crippen molar-refractivity contribution < 1.29 is 9.53 Å². The fourth-order valence-corrected chi connectivity index (χ4v) is 2.45. The normalized spacial score (nSPS) is 12.6. The van der Waals surface area contributed by atoms with Crippen molar-refractivity contribution in [3.8, 4) is 5.75 Å². The van der Waals surface area contributed by atoms with Gasteiger partial charge in [-0.15, -0.1) is 12.4 Å². The van der Waals surface area contributed by atoms with E-state index < -0.39 is 0 Å². The van der Waals surface area contributed by atoms with E-state index in [1.807, 2.05) is 61.5 Å². The quantitative estimate of drug-likeness (QED) is 0.808. The maximum Gasteiger partial charge on any atom is 0.224 e. The van der Waals surface area contributed by atoms with Crippen LogP contribution in [0.15, 0.2) is 54.6 Å². The first-order valence-corrected chi connectivity index (χ1v) is 7.83. The van der Waals surface area contributed by atoms with Gasteiger partial charge in [0.1, 0.15) is 5.75 Å². The number of benzene rings is 2. The molecule has 5 heteroatoms.